The van der Waals surface area contributed by atoms with E-state index >= 15 is 0 Å². The zero-order valence-electron chi connectivity index (χ0n) is 19.8. The Morgan fingerprint density at radius 2 is 1.52 bits per heavy atom. The van der Waals surface area contributed by atoms with Crippen LogP contribution in [0.25, 0.3) is 0 Å². The normalized spacial score (nSPS) is 16.9. The van der Waals surface area contributed by atoms with Gasteiger partial charge in [-0.2, -0.15) is 0 Å². The van der Waals surface area contributed by atoms with E-state index in [2.05, 4.69) is 16.0 Å². The van der Waals surface area contributed by atoms with E-state index in [-0.39, 0.29) is 23.3 Å². The second-order valence-electron chi connectivity index (χ2n) is 9.89. The van der Waals surface area contributed by atoms with Gasteiger partial charge in [0.05, 0.1) is 11.6 Å². The lowest BCUT2D eigenvalue weighted by Crippen LogP contribution is -2.62. The fourth-order valence-corrected chi connectivity index (χ4v) is 3.08. The van der Waals surface area contributed by atoms with Crippen LogP contribution in [-0.4, -0.2) is 47.6 Å². The van der Waals surface area contributed by atoms with Crippen molar-refractivity contribution >= 4 is 17.8 Å². The molecule has 0 aliphatic heterocycles. The van der Waals surface area contributed by atoms with Crippen molar-refractivity contribution in [1.29, 1.82) is 0 Å². The number of likely N-dealkylation sites (N-methyl/N-ethyl adjacent to an activating group) is 1. The third-order valence-corrected chi connectivity index (χ3v) is 5.07. The average molecular weight is 412 g/mol. The molecule has 0 saturated carbocycles. The van der Waals surface area contributed by atoms with Gasteiger partial charge in [-0.1, -0.05) is 54.5 Å². The lowest BCUT2D eigenvalue weighted by Gasteiger charge is -2.36. The van der Waals surface area contributed by atoms with Crippen molar-refractivity contribution in [2.45, 2.75) is 86.4 Å². The highest BCUT2D eigenvalue weighted by atomic mass is 16.4. The molecule has 0 aromatic carbocycles. The molecule has 0 spiro atoms. The third-order valence-electron chi connectivity index (χ3n) is 5.07. The molecule has 0 aliphatic carbocycles. The topological polar surface area (TPSA) is 108 Å². The highest BCUT2D eigenvalue weighted by molar-refractivity contribution is 5.92. The van der Waals surface area contributed by atoms with Crippen LogP contribution < -0.4 is 16.0 Å². The summed E-state index contributed by atoms with van der Waals surface area (Å²) in [7, 11) is 1.74. The zero-order valence-corrected chi connectivity index (χ0v) is 19.8. The second-order valence-corrected chi connectivity index (χ2v) is 9.89. The number of rotatable bonds is 10. The van der Waals surface area contributed by atoms with E-state index in [1.54, 1.807) is 13.1 Å². The van der Waals surface area contributed by atoms with E-state index in [4.69, 9.17) is 5.11 Å². The van der Waals surface area contributed by atoms with Crippen LogP contribution >= 0.6 is 0 Å². The zero-order chi connectivity index (χ0) is 23.2. The summed E-state index contributed by atoms with van der Waals surface area (Å²) in [5.41, 5.74) is -1.16. The van der Waals surface area contributed by atoms with E-state index in [1.165, 1.54) is 6.92 Å². The maximum Gasteiger partial charge on any atom is 0.331 e. The molecule has 0 radical (unpaired) electrons. The summed E-state index contributed by atoms with van der Waals surface area (Å²) in [5.74, 6) is -1.30. The first-order chi connectivity index (χ1) is 13.0. The number of carboxylic acid groups (broad SMARTS) is 1. The van der Waals surface area contributed by atoms with Crippen molar-refractivity contribution in [3.63, 3.8) is 0 Å². The number of hydrogen-bond acceptors (Lipinski definition) is 4. The van der Waals surface area contributed by atoms with Crippen molar-refractivity contribution in [1.82, 2.24) is 16.0 Å². The first kappa shape index (κ1) is 27.1. The predicted octanol–water partition coefficient (Wildman–Crippen LogP) is 2.71. The SMILES string of the molecule is CNC(C)(CC(C)C)C(=O)NC(C(=O)NC(/C=C(\C)C(=O)O)C(C)C)C(C)(C)C. The van der Waals surface area contributed by atoms with E-state index in [1.807, 2.05) is 55.4 Å². The van der Waals surface area contributed by atoms with Crippen LogP contribution in [0.5, 0.6) is 0 Å². The van der Waals surface area contributed by atoms with Crippen molar-refractivity contribution in [2.75, 3.05) is 7.05 Å². The second kappa shape index (κ2) is 10.8. The van der Waals surface area contributed by atoms with Crippen LogP contribution in [0, 0.1) is 17.3 Å². The molecule has 0 aliphatic rings. The number of amides is 2. The number of hydrogen-bond donors (Lipinski definition) is 4. The first-order valence-electron chi connectivity index (χ1n) is 10.3. The van der Waals surface area contributed by atoms with E-state index in [9.17, 15) is 14.4 Å². The highest BCUT2D eigenvalue weighted by Crippen LogP contribution is 2.23. The van der Waals surface area contributed by atoms with Crippen LogP contribution in [0.3, 0.4) is 0 Å². The number of carboxylic acids is 1. The highest BCUT2D eigenvalue weighted by Gasteiger charge is 2.39. The Labute approximate surface area is 176 Å². The largest absolute Gasteiger partial charge is 0.478 e. The van der Waals surface area contributed by atoms with Gasteiger partial charge in [0.2, 0.25) is 11.8 Å². The van der Waals surface area contributed by atoms with Crippen molar-refractivity contribution in [3.05, 3.63) is 11.6 Å². The molecule has 3 atom stereocenters. The molecule has 0 heterocycles. The van der Waals surface area contributed by atoms with Gasteiger partial charge in [0.15, 0.2) is 0 Å². The van der Waals surface area contributed by atoms with E-state index in [0.29, 0.717) is 12.3 Å². The van der Waals surface area contributed by atoms with Crippen LogP contribution in [-0.2, 0) is 14.4 Å². The molecule has 0 fully saturated rings. The van der Waals surface area contributed by atoms with Gasteiger partial charge in [-0.3, -0.25) is 9.59 Å². The minimum absolute atomic E-state index is 0.00640. The van der Waals surface area contributed by atoms with Gasteiger partial charge in [0, 0.05) is 5.57 Å². The third kappa shape index (κ3) is 8.56. The maximum atomic E-state index is 13.1. The Morgan fingerprint density at radius 3 is 1.86 bits per heavy atom. The summed E-state index contributed by atoms with van der Waals surface area (Å²) in [6.07, 6.45) is 2.17. The summed E-state index contributed by atoms with van der Waals surface area (Å²) < 4.78 is 0. The molecule has 29 heavy (non-hydrogen) atoms. The fraction of sp³-hybridized carbons (Fsp3) is 0.773. The molecular weight excluding hydrogens is 370 g/mol. The summed E-state index contributed by atoms with van der Waals surface area (Å²) in [5, 5.41) is 18.1. The molecule has 0 aromatic rings. The van der Waals surface area contributed by atoms with Gasteiger partial charge in [-0.15, -0.1) is 0 Å². The standard InChI is InChI=1S/C22H41N3O4/c1-13(2)12-22(9,23-10)20(29)25-17(21(6,7)8)18(26)24-16(14(3)4)11-15(5)19(27)28/h11,13-14,16-17,23H,12H2,1-10H3,(H,24,26)(H,25,29)(H,27,28)/b15-11+. The Bertz CT molecular complexity index is 620. The Kier molecular flexibility index (Phi) is 10.1. The quantitative estimate of drug-likeness (QED) is 0.414. The molecule has 168 valence electrons. The Hall–Kier alpha value is -1.89. The lowest BCUT2D eigenvalue weighted by molar-refractivity contribution is -0.135. The van der Waals surface area contributed by atoms with Crippen molar-refractivity contribution < 1.29 is 19.5 Å². The molecule has 3 unspecified atom stereocenters. The smallest absolute Gasteiger partial charge is 0.331 e. The summed E-state index contributed by atoms with van der Waals surface area (Å²) in [4.78, 5) is 37.3. The van der Waals surface area contributed by atoms with Crippen LogP contribution in [0.15, 0.2) is 11.6 Å². The average Bonchev–Trinajstić information content (AvgIpc) is 2.56. The molecule has 4 N–H and O–H groups in total. The summed E-state index contributed by atoms with van der Waals surface area (Å²) in [6, 6.07) is -1.22. The molecule has 0 rings (SSSR count). The van der Waals surface area contributed by atoms with Gasteiger partial charge in [-0.05, 0) is 44.6 Å². The van der Waals surface area contributed by atoms with E-state index in [0.717, 1.165) is 0 Å². The molecule has 2 amide bonds. The van der Waals surface area contributed by atoms with Crippen LogP contribution in [0.1, 0.15) is 68.7 Å². The van der Waals surface area contributed by atoms with Gasteiger partial charge in [0.25, 0.3) is 0 Å². The molecule has 0 bridgehead atoms. The Morgan fingerprint density at radius 1 is 1.00 bits per heavy atom. The first-order valence-corrected chi connectivity index (χ1v) is 10.3. The fourth-order valence-electron chi connectivity index (χ4n) is 3.08. The monoisotopic (exact) mass is 411 g/mol. The predicted molar refractivity (Wildman–Crippen MR) is 116 cm³/mol. The minimum Gasteiger partial charge on any atom is -0.478 e. The number of carbonyl (C=O) groups excluding carboxylic acids is 2. The van der Waals surface area contributed by atoms with Gasteiger partial charge in [-0.25, -0.2) is 4.79 Å². The van der Waals surface area contributed by atoms with Gasteiger partial charge < -0.3 is 21.1 Å². The van der Waals surface area contributed by atoms with E-state index < -0.39 is 29.0 Å². The Balaban J connectivity index is 5.68. The molecule has 0 saturated heterocycles. The van der Waals surface area contributed by atoms with Crippen LogP contribution in [0.2, 0.25) is 0 Å². The summed E-state index contributed by atoms with van der Waals surface area (Å²) in [6.45, 7) is 16.9. The van der Waals surface area contributed by atoms with Gasteiger partial charge in [0.1, 0.15) is 6.04 Å². The van der Waals surface area contributed by atoms with Gasteiger partial charge >= 0.3 is 5.97 Å². The minimum atomic E-state index is -1.02. The number of carbonyl (C=O) groups is 3. The maximum absolute atomic E-state index is 13.1. The molecule has 0 aromatic heterocycles. The van der Waals surface area contributed by atoms with Crippen molar-refractivity contribution in [3.8, 4) is 0 Å². The molecular formula is C22H41N3O4. The number of nitrogens with one attached hydrogen (secondary N) is 3. The number of aliphatic carboxylic acids is 1. The lowest BCUT2D eigenvalue weighted by atomic mass is 9.83. The molecule has 7 heteroatoms. The van der Waals surface area contributed by atoms with Crippen molar-refractivity contribution in [2.24, 2.45) is 17.3 Å². The van der Waals surface area contributed by atoms with Crippen LogP contribution in [0.4, 0.5) is 0 Å². The molecule has 7 nitrogen and oxygen atoms in total. The summed E-state index contributed by atoms with van der Waals surface area (Å²) >= 11 is 0.